The SMILES string of the molecule is N#C/C(=C/N1CCCC1)C(=O)Nc1ccc(Oc2ccccc2)cc1. The van der Waals surface area contributed by atoms with Gasteiger partial charge >= 0.3 is 0 Å². The topological polar surface area (TPSA) is 65.4 Å². The maximum atomic E-state index is 12.2. The minimum Gasteiger partial charge on any atom is -0.457 e. The van der Waals surface area contributed by atoms with Crippen LogP contribution in [0.3, 0.4) is 0 Å². The standard InChI is InChI=1S/C20H19N3O2/c21-14-16(15-23-12-4-5-13-23)20(24)22-17-8-10-19(11-9-17)25-18-6-2-1-3-7-18/h1-3,6-11,15H,4-5,12-13H2,(H,22,24)/b16-15-. The highest BCUT2D eigenvalue weighted by Gasteiger charge is 2.14. The summed E-state index contributed by atoms with van der Waals surface area (Å²) in [4.78, 5) is 14.3. The summed E-state index contributed by atoms with van der Waals surface area (Å²) in [6, 6.07) is 18.5. The predicted molar refractivity (Wildman–Crippen MR) is 96.1 cm³/mol. The van der Waals surface area contributed by atoms with Crippen LogP contribution in [0.5, 0.6) is 11.5 Å². The molecule has 1 aliphatic rings. The number of ether oxygens (including phenoxy) is 1. The number of hydrogen-bond donors (Lipinski definition) is 1. The Morgan fingerprint density at radius 1 is 1.04 bits per heavy atom. The molecule has 0 radical (unpaired) electrons. The second kappa shape index (κ2) is 8.02. The average Bonchev–Trinajstić information content (AvgIpc) is 3.15. The molecule has 25 heavy (non-hydrogen) atoms. The number of nitriles is 1. The Labute approximate surface area is 147 Å². The molecular weight excluding hydrogens is 314 g/mol. The minimum atomic E-state index is -0.397. The Balaban J connectivity index is 1.62. The number of benzene rings is 2. The number of hydrogen-bond acceptors (Lipinski definition) is 4. The van der Waals surface area contributed by atoms with Crippen molar-refractivity contribution in [2.24, 2.45) is 0 Å². The fourth-order valence-corrected chi connectivity index (χ4v) is 2.62. The number of nitrogens with zero attached hydrogens (tertiary/aromatic N) is 2. The first-order valence-corrected chi connectivity index (χ1v) is 8.25. The van der Waals surface area contributed by atoms with Crippen molar-refractivity contribution in [3.05, 3.63) is 66.4 Å². The van der Waals surface area contributed by atoms with Gasteiger partial charge in [-0.3, -0.25) is 4.79 Å². The molecule has 2 aromatic carbocycles. The van der Waals surface area contributed by atoms with E-state index in [4.69, 9.17) is 4.74 Å². The molecule has 1 fully saturated rings. The highest BCUT2D eigenvalue weighted by Crippen LogP contribution is 2.22. The van der Waals surface area contributed by atoms with Crippen LogP contribution in [0.1, 0.15) is 12.8 Å². The Hall–Kier alpha value is -3.26. The fraction of sp³-hybridized carbons (Fsp3) is 0.200. The van der Waals surface area contributed by atoms with Gasteiger partial charge in [-0.1, -0.05) is 18.2 Å². The molecule has 1 saturated heterocycles. The van der Waals surface area contributed by atoms with Crippen LogP contribution in [0.4, 0.5) is 5.69 Å². The molecule has 0 atom stereocenters. The molecule has 1 heterocycles. The van der Waals surface area contributed by atoms with E-state index in [-0.39, 0.29) is 5.57 Å². The van der Waals surface area contributed by atoms with Gasteiger partial charge in [0.05, 0.1) is 0 Å². The Bertz CT molecular complexity index is 786. The highest BCUT2D eigenvalue weighted by molar-refractivity contribution is 6.06. The Kier molecular flexibility index (Phi) is 5.32. The van der Waals surface area contributed by atoms with Gasteiger partial charge in [-0.15, -0.1) is 0 Å². The third-order valence-corrected chi connectivity index (χ3v) is 3.91. The van der Waals surface area contributed by atoms with Crippen molar-refractivity contribution in [2.45, 2.75) is 12.8 Å². The number of rotatable bonds is 5. The van der Waals surface area contributed by atoms with Crippen molar-refractivity contribution in [2.75, 3.05) is 18.4 Å². The van der Waals surface area contributed by atoms with Gasteiger partial charge in [-0.05, 0) is 49.2 Å². The van der Waals surface area contributed by atoms with E-state index in [9.17, 15) is 10.1 Å². The van der Waals surface area contributed by atoms with Gasteiger partial charge in [0.1, 0.15) is 23.1 Å². The summed E-state index contributed by atoms with van der Waals surface area (Å²) in [6.07, 6.45) is 3.84. The second-order valence-corrected chi connectivity index (χ2v) is 5.79. The molecular formula is C20H19N3O2. The van der Waals surface area contributed by atoms with Crippen LogP contribution in [-0.2, 0) is 4.79 Å². The summed E-state index contributed by atoms with van der Waals surface area (Å²) in [5.41, 5.74) is 0.736. The van der Waals surface area contributed by atoms with Crippen LogP contribution in [-0.4, -0.2) is 23.9 Å². The lowest BCUT2D eigenvalue weighted by atomic mass is 10.2. The van der Waals surface area contributed by atoms with Crippen molar-refractivity contribution < 1.29 is 9.53 Å². The van der Waals surface area contributed by atoms with Gasteiger partial charge < -0.3 is 15.0 Å². The molecule has 0 bridgehead atoms. The van der Waals surface area contributed by atoms with Gasteiger partial charge in [-0.2, -0.15) is 5.26 Å². The third-order valence-electron chi connectivity index (χ3n) is 3.91. The molecule has 0 spiro atoms. The van der Waals surface area contributed by atoms with Gasteiger partial charge in [0.25, 0.3) is 5.91 Å². The van der Waals surface area contributed by atoms with Gasteiger partial charge in [0.15, 0.2) is 0 Å². The molecule has 0 aliphatic carbocycles. The van der Waals surface area contributed by atoms with Gasteiger partial charge in [0.2, 0.25) is 0 Å². The molecule has 126 valence electrons. The molecule has 0 unspecified atom stereocenters. The van der Waals surface area contributed by atoms with Crippen LogP contribution < -0.4 is 10.1 Å². The maximum absolute atomic E-state index is 12.2. The first kappa shape index (κ1) is 16.6. The van der Waals surface area contributed by atoms with E-state index >= 15 is 0 Å². The molecule has 1 N–H and O–H groups in total. The van der Waals surface area contributed by atoms with Crippen molar-refractivity contribution in [1.29, 1.82) is 5.26 Å². The van der Waals surface area contributed by atoms with Gasteiger partial charge in [-0.25, -0.2) is 0 Å². The zero-order chi connectivity index (χ0) is 17.5. The normalized spacial score (nSPS) is 14.0. The van der Waals surface area contributed by atoms with E-state index in [0.29, 0.717) is 11.4 Å². The van der Waals surface area contributed by atoms with E-state index in [0.717, 1.165) is 31.7 Å². The Morgan fingerprint density at radius 2 is 1.68 bits per heavy atom. The van der Waals surface area contributed by atoms with Crippen molar-refractivity contribution >= 4 is 11.6 Å². The maximum Gasteiger partial charge on any atom is 0.267 e. The summed E-state index contributed by atoms with van der Waals surface area (Å²) in [7, 11) is 0. The number of para-hydroxylation sites is 1. The largest absolute Gasteiger partial charge is 0.457 e. The van der Waals surface area contributed by atoms with E-state index in [2.05, 4.69) is 5.32 Å². The summed E-state index contributed by atoms with van der Waals surface area (Å²) in [6.45, 7) is 1.79. The molecule has 5 nitrogen and oxygen atoms in total. The van der Waals surface area contributed by atoms with Crippen LogP contribution in [0, 0.1) is 11.3 Å². The lowest BCUT2D eigenvalue weighted by molar-refractivity contribution is -0.112. The van der Waals surface area contributed by atoms with E-state index < -0.39 is 5.91 Å². The van der Waals surface area contributed by atoms with Crippen LogP contribution in [0.2, 0.25) is 0 Å². The summed E-state index contributed by atoms with van der Waals surface area (Å²) in [5, 5.41) is 12.0. The Morgan fingerprint density at radius 3 is 2.32 bits per heavy atom. The lowest BCUT2D eigenvalue weighted by Gasteiger charge is -2.12. The van der Waals surface area contributed by atoms with Crippen molar-refractivity contribution in [1.82, 2.24) is 4.90 Å². The quantitative estimate of drug-likeness (QED) is 0.665. The summed E-state index contributed by atoms with van der Waals surface area (Å²) in [5.74, 6) is 1.03. The molecule has 2 aromatic rings. The number of amides is 1. The molecule has 1 amide bonds. The molecule has 0 aromatic heterocycles. The van der Waals surface area contributed by atoms with Gasteiger partial charge in [0, 0.05) is 25.0 Å². The summed E-state index contributed by atoms with van der Waals surface area (Å²) >= 11 is 0. The smallest absolute Gasteiger partial charge is 0.267 e. The van der Waals surface area contributed by atoms with Crippen LogP contribution >= 0.6 is 0 Å². The second-order valence-electron chi connectivity index (χ2n) is 5.79. The van der Waals surface area contributed by atoms with Crippen molar-refractivity contribution in [3.8, 4) is 17.6 Å². The molecule has 3 rings (SSSR count). The lowest BCUT2D eigenvalue weighted by Crippen LogP contribution is -2.18. The van der Waals surface area contributed by atoms with E-state index in [1.807, 2.05) is 41.3 Å². The van der Waals surface area contributed by atoms with E-state index in [1.54, 1.807) is 30.5 Å². The summed E-state index contributed by atoms with van der Waals surface area (Å²) < 4.78 is 5.71. The number of likely N-dealkylation sites (tertiary alicyclic amines) is 1. The van der Waals surface area contributed by atoms with E-state index in [1.165, 1.54) is 0 Å². The van der Waals surface area contributed by atoms with Crippen molar-refractivity contribution in [3.63, 3.8) is 0 Å². The highest BCUT2D eigenvalue weighted by atomic mass is 16.5. The molecule has 5 heteroatoms. The monoisotopic (exact) mass is 333 g/mol. The first-order chi connectivity index (χ1) is 12.2. The first-order valence-electron chi connectivity index (χ1n) is 8.25. The number of nitrogens with one attached hydrogen (secondary N) is 1. The minimum absolute atomic E-state index is 0.117. The molecule has 1 aliphatic heterocycles. The number of carbonyl (C=O) groups excluding carboxylic acids is 1. The average molecular weight is 333 g/mol. The van der Waals surface area contributed by atoms with Crippen LogP contribution in [0.15, 0.2) is 66.4 Å². The number of carbonyl (C=O) groups is 1. The fourth-order valence-electron chi connectivity index (χ4n) is 2.62. The third kappa shape index (κ3) is 4.61. The molecule has 0 saturated carbocycles. The number of anilines is 1. The predicted octanol–water partition coefficient (Wildman–Crippen LogP) is 3.92. The van der Waals surface area contributed by atoms with Crippen LogP contribution in [0.25, 0.3) is 0 Å². The zero-order valence-electron chi connectivity index (χ0n) is 13.8. The zero-order valence-corrected chi connectivity index (χ0v) is 13.8.